The molecule has 0 atom stereocenters. The van der Waals surface area contributed by atoms with E-state index >= 15 is 0 Å². The molecule has 5 nitrogen and oxygen atoms in total. The summed E-state index contributed by atoms with van der Waals surface area (Å²) in [6, 6.07) is 12.5. The predicted octanol–water partition coefficient (Wildman–Crippen LogP) is 6.64. The van der Waals surface area contributed by atoms with Crippen LogP contribution < -0.4 is 5.32 Å². The number of pyridine rings is 1. The fourth-order valence-corrected chi connectivity index (χ4v) is 5.42. The molecule has 148 valence electrons. The standard InChI is InChI=1S/C21H20N4OS3/c1-13-11-28-21(23-13)24-20-19(29-16-7-5-4-6-8-16)9-17(10-22-20)27-12-18-14(2)25-26-15(18)3/h4-11H,12H2,1-3H3,(H,22,23,24). The van der Waals surface area contributed by atoms with Crippen LogP contribution in [0.25, 0.3) is 0 Å². The molecular weight excluding hydrogens is 420 g/mol. The van der Waals surface area contributed by atoms with Gasteiger partial charge in [0.1, 0.15) is 11.6 Å². The molecule has 4 aromatic rings. The van der Waals surface area contributed by atoms with Crippen molar-refractivity contribution in [3.63, 3.8) is 0 Å². The van der Waals surface area contributed by atoms with Crippen LogP contribution in [0, 0.1) is 20.8 Å². The van der Waals surface area contributed by atoms with Crippen LogP contribution in [0.2, 0.25) is 0 Å². The second-order valence-electron chi connectivity index (χ2n) is 6.44. The minimum absolute atomic E-state index is 0.802. The maximum Gasteiger partial charge on any atom is 0.188 e. The summed E-state index contributed by atoms with van der Waals surface area (Å²) in [6.07, 6.45) is 1.90. The molecule has 0 saturated heterocycles. The highest BCUT2D eigenvalue weighted by atomic mass is 32.2. The van der Waals surface area contributed by atoms with Crippen LogP contribution in [0.1, 0.15) is 22.7 Å². The zero-order valence-electron chi connectivity index (χ0n) is 16.3. The van der Waals surface area contributed by atoms with E-state index < -0.39 is 0 Å². The summed E-state index contributed by atoms with van der Waals surface area (Å²) < 4.78 is 5.28. The van der Waals surface area contributed by atoms with Gasteiger partial charge in [-0.2, -0.15) is 0 Å². The van der Waals surface area contributed by atoms with Crippen LogP contribution >= 0.6 is 34.9 Å². The number of hydrogen-bond donors (Lipinski definition) is 1. The number of rotatable bonds is 7. The van der Waals surface area contributed by atoms with Crippen LogP contribution in [0.3, 0.4) is 0 Å². The fourth-order valence-electron chi connectivity index (χ4n) is 2.67. The van der Waals surface area contributed by atoms with E-state index in [9.17, 15) is 0 Å². The number of aromatic nitrogens is 3. The van der Waals surface area contributed by atoms with Gasteiger partial charge in [0.2, 0.25) is 0 Å². The zero-order valence-corrected chi connectivity index (χ0v) is 18.8. The van der Waals surface area contributed by atoms with E-state index in [1.807, 2.05) is 50.5 Å². The molecule has 29 heavy (non-hydrogen) atoms. The third-order valence-electron chi connectivity index (χ3n) is 4.21. The molecule has 0 unspecified atom stereocenters. The van der Waals surface area contributed by atoms with E-state index in [-0.39, 0.29) is 0 Å². The summed E-state index contributed by atoms with van der Waals surface area (Å²) in [6.45, 7) is 5.92. The number of aryl methyl sites for hydroxylation is 3. The van der Waals surface area contributed by atoms with Crippen LogP contribution in [-0.4, -0.2) is 15.1 Å². The van der Waals surface area contributed by atoms with E-state index in [1.54, 1.807) is 34.9 Å². The first kappa shape index (κ1) is 20.0. The minimum atomic E-state index is 0.802. The lowest BCUT2D eigenvalue weighted by Crippen LogP contribution is -1.96. The summed E-state index contributed by atoms with van der Waals surface area (Å²) in [5.41, 5.74) is 3.09. The fraction of sp³-hybridized carbons (Fsp3) is 0.190. The van der Waals surface area contributed by atoms with Crippen molar-refractivity contribution in [2.24, 2.45) is 0 Å². The van der Waals surface area contributed by atoms with Gasteiger partial charge in [-0.3, -0.25) is 0 Å². The molecule has 0 saturated carbocycles. The molecular formula is C21H20N4OS3. The van der Waals surface area contributed by atoms with E-state index in [2.05, 4.69) is 33.7 Å². The van der Waals surface area contributed by atoms with E-state index in [4.69, 9.17) is 9.51 Å². The van der Waals surface area contributed by atoms with Crippen LogP contribution in [0.4, 0.5) is 10.9 Å². The molecule has 8 heteroatoms. The molecule has 4 rings (SSSR count). The normalized spacial score (nSPS) is 11.0. The molecule has 1 aromatic carbocycles. The van der Waals surface area contributed by atoms with Crippen molar-refractivity contribution in [2.75, 3.05) is 5.32 Å². The highest BCUT2D eigenvalue weighted by Crippen LogP contribution is 2.37. The van der Waals surface area contributed by atoms with Crippen molar-refractivity contribution in [1.82, 2.24) is 15.1 Å². The van der Waals surface area contributed by atoms with Crippen molar-refractivity contribution in [2.45, 2.75) is 41.2 Å². The maximum absolute atomic E-state index is 5.28. The summed E-state index contributed by atoms with van der Waals surface area (Å²) >= 11 is 5.01. The number of nitrogens with zero attached hydrogens (tertiary/aromatic N) is 3. The lowest BCUT2D eigenvalue weighted by Gasteiger charge is -2.11. The van der Waals surface area contributed by atoms with Crippen LogP contribution in [0.5, 0.6) is 0 Å². The SMILES string of the molecule is Cc1csc(Nc2ncc(SCc3c(C)noc3C)cc2Sc2ccccc2)n1. The Kier molecular flexibility index (Phi) is 6.22. The average molecular weight is 441 g/mol. The van der Waals surface area contributed by atoms with E-state index in [0.29, 0.717) is 0 Å². The number of benzene rings is 1. The van der Waals surface area contributed by atoms with Gasteiger partial charge in [0, 0.05) is 32.7 Å². The summed E-state index contributed by atoms with van der Waals surface area (Å²) in [7, 11) is 0. The van der Waals surface area contributed by atoms with Gasteiger partial charge >= 0.3 is 0 Å². The summed E-state index contributed by atoms with van der Waals surface area (Å²) in [5, 5.41) is 10.3. The predicted molar refractivity (Wildman–Crippen MR) is 120 cm³/mol. The zero-order chi connectivity index (χ0) is 20.2. The Morgan fingerprint density at radius 1 is 1.10 bits per heavy atom. The Balaban J connectivity index is 1.59. The van der Waals surface area contributed by atoms with Crippen LogP contribution in [-0.2, 0) is 5.75 Å². The van der Waals surface area contributed by atoms with Gasteiger partial charge in [0.25, 0.3) is 0 Å². The number of thiazole rings is 1. The van der Waals surface area contributed by atoms with Crippen molar-refractivity contribution < 1.29 is 4.52 Å². The van der Waals surface area contributed by atoms with Gasteiger partial charge in [0.05, 0.1) is 16.3 Å². The van der Waals surface area contributed by atoms with Gasteiger partial charge < -0.3 is 9.84 Å². The molecule has 0 aliphatic heterocycles. The highest BCUT2D eigenvalue weighted by Gasteiger charge is 2.13. The third-order valence-corrected chi connectivity index (χ3v) is 7.11. The molecule has 0 bridgehead atoms. The lowest BCUT2D eigenvalue weighted by molar-refractivity contribution is 0.392. The molecule has 0 spiro atoms. The van der Waals surface area contributed by atoms with Crippen molar-refractivity contribution >= 4 is 45.8 Å². The largest absolute Gasteiger partial charge is 0.361 e. The molecule has 3 aromatic heterocycles. The molecule has 0 aliphatic rings. The molecule has 0 fully saturated rings. The number of nitrogens with one attached hydrogen (secondary N) is 1. The Bertz CT molecular complexity index is 1090. The Morgan fingerprint density at radius 3 is 2.62 bits per heavy atom. The summed E-state index contributed by atoms with van der Waals surface area (Å²) in [4.78, 5) is 12.5. The lowest BCUT2D eigenvalue weighted by atomic mass is 10.2. The number of thioether (sulfide) groups is 1. The first-order valence-electron chi connectivity index (χ1n) is 9.05. The Labute approximate surface area is 182 Å². The van der Waals surface area contributed by atoms with Gasteiger partial charge in [-0.05, 0) is 39.0 Å². The molecule has 0 amide bonds. The van der Waals surface area contributed by atoms with Crippen LogP contribution in [0.15, 0.2) is 67.2 Å². The molecule has 3 heterocycles. The first-order valence-corrected chi connectivity index (χ1v) is 11.7. The quantitative estimate of drug-likeness (QED) is 0.323. The summed E-state index contributed by atoms with van der Waals surface area (Å²) in [5.74, 6) is 2.49. The smallest absolute Gasteiger partial charge is 0.188 e. The molecule has 0 aliphatic carbocycles. The van der Waals surface area contributed by atoms with E-state index in [0.717, 1.165) is 49.2 Å². The molecule has 0 radical (unpaired) electrons. The van der Waals surface area contributed by atoms with Gasteiger partial charge in [0.15, 0.2) is 5.13 Å². The van der Waals surface area contributed by atoms with Crippen molar-refractivity contribution in [3.8, 4) is 0 Å². The second kappa shape index (κ2) is 9.02. The number of anilines is 2. The average Bonchev–Trinajstić information content (AvgIpc) is 3.27. The maximum atomic E-state index is 5.28. The Hall–Kier alpha value is -2.29. The van der Waals surface area contributed by atoms with Gasteiger partial charge in [-0.1, -0.05) is 35.1 Å². The first-order chi connectivity index (χ1) is 14.1. The molecule has 1 N–H and O–H groups in total. The number of hydrogen-bond acceptors (Lipinski definition) is 8. The van der Waals surface area contributed by atoms with Gasteiger partial charge in [-0.15, -0.1) is 23.1 Å². The monoisotopic (exact) mass is 440 g/mol. The van der Waals surface area contributed by atoms with Crippen molar-refractivity contribution in [3.05, 3.63) is 70.7 Å². The topological polar surface area (TPSA) is 63.8 Å². The minimum Gasteiger partial charge on any atom is -0.361 e. The second-order valence-corrected chi connectivity index (χ2v) is 9.47. The van der Waals surface area contributed by atoms with Gasteiger partial charge in [-0.25, -0.2) is 9.97 Å². The van der Waals surface area contributed by atoms with Crippen molar-refractivity contribution in [1.29, 1.82) is 0 Å². The highest BCUT2D eigenvalue weighted by molar-refractivity contribution is 8.00. The van der Waals surface area contributed by atoms with E-state index in [1.165, 1.54) is 4.90 Å². The Morgan fingerprint density at radius 2 is 1.93 bits per heavy atom. The third kappa shape index (κ3) is 5.01.